The highest BCUT2D eigenvalue weighted by Gasteiger charge is 2.28. The van der Waals surface area contributed by atoms with Crippen molar-refractivity contribution in [3.05, 3.63) is 29.3 Å². The third kappa shape index (κ3) is 3.61. The maximum Gasteiger partial charge on any atom is 0.199 e. The van der Waals surface area contributed by atoms with Gasteiger partial charge in [-0.3, -0.25) is 14.5 Å². The van der Waals surface area contributed by atoms with Crippen LogP contribution in [0.5, 0.6) is 0 Å². The Morgan fingerprint density at radius 2 is 2.04 bits per heavy atom. The van der Waals surface area contributed by atoms with Gasteiger partial charge in [0.1, 0.15) is 0 Å². The zero-order valence-corrected chi connectivity index (χ0v) is 16.2. The number of ether oxygens (including phenoxy) is 1. The largest absolute Gasteiger partial charge is 0.379 e. The molecule has 0 amide bonds. The first-order valence-electron chi connectivity index (χ1n) is 9.64. The summed E-state index contributed by atoms with van der Waals surface area (Å²) < 4.78 is 10.6. The maximum absolute atomic E-state index is 5.90. The first-order valence-corrected chi connectivity index (χ1v) is 10.0. The molecule has 4 rings (SSSR count). The Hall–Kier alpha value is -1.57. The van der Waals surface area contributed by atoms with Crippen LogP contribution >= 0.6 is 12.2 Å². The summed E-state index contributed by atoms with van der Waals surface area (Å²) in [5, 5.41) is 4.94. The van der Waals surface area contributed by atoms with E-state index in [1.165, 1.54) is 25.7 Å². The van der Waals surface area contributed by atoms with E-state index in [4.69, 9.17) is 22.1 Å². The van der Waals surface area contributed by atoms with Gasteiger partial charge in [0, 0.05) is 37.1 Å². The minimum absolute atomic E-state index is 0.421. The molecule has 1 aliphatic heterocycles. The second kappa shape index (κ2) is 7.98. The van der Waals surface area contributed by atoms with Gasteiger partial charge >= 0.3 is 0 Å². The van der Waals surface area contributed by atoms with E-state index in [1.807, 2.05) is 16.9 Å². The molecule has 7 heteroatoms. The quantitative estimate of drug-likeness (QED) is 0.768. The van der Waals surface area contributed by atoms with Gasteiger partial charge in [0.25, 0.3) is 0 Å². The molecule has 0 aromatic carbocycles. The van der Waals surface area contributed by atoms with Crippen LogP contribution in [0.2, 0.25) is 0 Å². The Morgan fingerprint density at radius 3 is 2.77 bits per heavy atom. The predicted molar refractivity (Wildman–Crippen MR) is 103 cm³/mol. The van der Waals surface area contributed by atoms with Crippen LogP contribution in [0, 0.1) is 10.7 Å². The molecule has 6 nitrogen and oxygen atoms in total. The summed E-state index contributed by atoms with van der Waals surface area (Å²) in [4.78, 5) is 6.65. The first kappa shape index (κ1) is 17.8. The molecule has 1 saturated carbocycles. The normalized spacial score (nSPS) is 24.7. The van der Waals surface area contributed by atoms with Crippen molar-refractivity contribution in [1.82, 2.24) is 24.2 Å². The predicted octanol–water partition coefficient (Wildman–Crippen LogP) is 3.52. The molecule has 1 aliphatic carbocycles. The molecule has 1 saturated heterocycles. The molecular formula is C19H27N5OS. The third-order valence-corrected chi connectivity index (χ3v) is 6.03. The molecule has 26 heavy (non-hydrogen) atoms. The summed E-state index contributed by atoms with van der Waals surface area (Å²) in [6.07, 6.45) is 8.70. The van der Waals surface area contributed by atoms with Crippen LogP contribution in [0.1, 0.15) is 38.6 Å². The molecule has 0 radical (unpaired) electrons. The van der Waals surface area contributed by atoms with Gasteiger partial charge in [-0.25, -0.2) is 4.68 Å². The minimum atomic E-state index is 0.421. The van der Waals surface area contributed by atoms with E-state index in [0.29, 0.717) is 12.0 Å². The standard InChI is InChI=1S/C19H27N5OS/c1-15-5-2-3-7-17(15)24-18(16-6-4-8-20-13-16)21-23(19(24)26)14-22-9-11-25-12-10-22/h4,6,8,13,15,17H,2-3,5,7,9-12,14H2,1H3/t15-,17-/m1/s1. The minimum Gasteiger partial charge on any atom is -0.379 e. The number of hydrogen-bond acceptors (Lipinski definition) is 5. The summed E-state index contributed by atoms with van der Waals surface area (Å²) in [6, 6.07) is 4.46. The molecule has 140 valence electrons. The number of morpholine rings is 1. The van der Waals surface area contributed by atoms with Gasteiger partial charge in [-0.15, -0.1) is 0 Å². The smallest absolute Gasteiger partial charge is 0.199 e. The van der Waals surface area contributed by atoms with Crippen molar-refractivity contribution in [2.24, 2.45) is 5.92 Å². The Kier molecular flexibility index (Phi) is 5.47. The molecular weight excluding hydrogens is 346 g/mol. The van der Waals surface area contributed by atoms with Gasteiger partial charge in [-0.2, -0.15) is 5.10 Å². The number of hydrogen-bond donors (Lipinski definition) is 0. The SMILES string of the molecule is C[C@@H]1CCCC[C@H]1n1c(-c2cccnc2)nn(CN2CCOCC2)c1=S. The van der Waals surface area contributed by atoms with E-state index < -0.39 is 0 Å². The van der Waals surface area contributed by atoms with Crippen molar-refractivity contribution < 1.29 is 4.74 Å². The van der Waals surface area contributed by atoms with Crippen LogP contribution in [-0.2, 0) is 11.4 Å². The second-order valence-corrected chi connectivity index (χ2v) is 7.78. The lowest BCUT2D eigenvalue weighted by Crippen LogP contribution is -2.37. The highest BCUT2D eigenvalue weighted by molar-refractivity contribution is 7.71. The van der Waals surface area contributed by atoms with Gasteiger partial charge in [-0.05, 0) is 43.1 Å². The first-order chi connectivity index (χ1) is 12.7. The van der Waals surface area contributed by atoms with E-state index in [2.05, 4.69) is 27.4 Å². The lowest BCUT2D eigenvalue weighted by molar-refractivity contribution is 0.0209. The number of rotatable bonds is 4. The van der Waals surface area contributed by atoms with Gasteiger partial charge < -0.3 is 4.74 Å². The molecule has 2 aromatic heterocycles. The van der Waals surface area contributed by atoms with Gasteiger partial charge in [0.05, 0.1) is 19.9 Å². The van der Waals surface area contributed by atoms with Crippen LogP contribution in [-0.4, -0.2) is 50.5 Å². The number of pyridine rings is 1. The van der Waals surface area contributed by atoms with Crippen molar-refractivity contribution in [3.63, 3.8) is 0 Å². The van der Waals surface area contributed by atoms with Gasteiger partial charge in [0.15, 0.2) is 10.6 Å². The van der Waals surface area contributed by atoms with Crippen molar-refractivity contribution in [2.45, 2.75) is 45.3 Å². The number of nitrogens with zero attached hydrogens (tertiary/aromatic N) is 5. The second-order valence-electron chi connectivity index (χ2n) is 7.42. The van der Waals surface area contributed by atoms with Crippen molar-refractivity contribution in [1.29, 1.82) is 0 Å². The fourth-order valence-corrected chi connectivity index (χ4v) is 4.44. The third-order valence-electron chi connectivity index (χ3n) is 5.63. The summed E-state index contributed by atoms with van der Waals surface area (Å²) >= 11 is 5.90. The van der Waals surface area contributed by atoms with E-state index in [1.54, 1.807) is 6.20 Å². The Bertz CT molecular complexity index is 781. The Balaban J connectivity index is 1.73. The summed E-state index contributed by atoms with van der Waals surface area (Å²) in [7, 11) is 0. The van der Waals surface area contributed by atoms with E-state index >= 15 is 0 Å². The number of aromatic nitrogens is 4. The van der Waals surface area contributed by atoms with E-state index in [-0.39, 0.29) is 0 Å². The van der Waals surface area contributed by atoms with Gasteiger partial charge in [0.2, 0.25) is 0 Å². The summed E-state index contributed by atoms with van der Waals surface area (Å²) in [5.74, 6) is 1.57. The monoisotopic (exact) mass is 373 g/mol. The molecule has 0 N–H and O–H groups in total. The van der Waals surface area contributed by atoms with Crippen molar-refractivity contribution >= 4 is 12.2 Å². The van der Waals surface area contributed by atoms with Crippen LogP contribution in [0.4, 0.5) is 0 Å². The molecule has 0 unspecified atom stereocenters. The highest BCUT2D eigenvalue weighted by atomic mass is 32.1. The maximum atomic E-state index is 5.90. The molecule has 2 aliphatic rings. The van der Waals surface area contributed by atoms with Crippen LogP contribution < -0.4 is 0 Å². The average molecular weight is 374 g/mol. The van der Waals surface area contributed by atoms with Crippen molar-refractivity contribution in [2.75, 3.05) is 26.3 Å². The zero-order valence-electron chi connectivity index (χ0n) is 15.4. The zero-order chi connectivity index (χ0) is 17.9. The van der Waals surface area contributed by atoms with E-state index in [9.17, 15) is 0 Å². The molecule has 2 atom stereocenters. The molecule has 2 aromatic rings. The molecule has 3 heterocycles. The van der Waals surface area contributed by atoms with Crippen LogP contribution in [0.3, 0.4) is 0 Å². The lowest BCUT2D eigenvalue weighted by atomic mass is 9.85. The molecule has 0 spiro atoms. The van der Waals surface area contributed by atoms with Crippen LogP contribution in [0.25, 0.3) is 11.4 Å². The summed E-state index contributed by atoms with van der Waals surface area (Å²) in [5.41, 5.74) is 1.04. The highest BCUT2D eigenvalue weighted by Crippen LogP contribution is 2.36. The average Bonchev–Trinajstić information content (AvgIpc) is 3.00. The Labute approximate surface area is 159 Å². The fourth-order valence-electron chi connectivity index (χ4n) is 4.12. The fraction of sp³-hybridized carbons (Fsp3) is 0.632. The topological polar surface area (TPSA) is 48.1 Å². The Morgan fingerprint density at radius 1 is 1.23 bits per heavy atom. The van der Waals surface area contributed by atoms with E-state index in [0.717, 1.165) is 49.1 Å². The molecule has 0 bridgehead atoms. The summed E-state index contributed by atoms with van der Waals surface area (Å²) in [6.45, 7) is 6.49. The lowest BCUT2D eigenvalue weighted by Gasteiger charge is -2.30. The van der Waals surface area contributed by atoms with Crippen molar-refractivity contribution in [3.8, 4) is 11.4 Å². The van der Waals surface area contributed by atoms with Gasteiger partial charge in [-0.1, -0.05) is 19.8 Å². The molecule has 2 fully saturated rings. The van der Waals surface area contributed by atoms with Crippen LogP contribution in [0.15, 0.2) is 24.5 Å².